The highest BCUT2D eigenvalue weighted by Gasteiger charge is 2.52. The fourth-order valence-electron chi connectivity index (χ4n) is 7.47. The SMILES string of the molecule is CCC1CC(N)CC(OC2OC(CO)C(O)C(O[C@@H](CC3CC3)C(=O)O)C2NC(=O)C2CCNCC2)C1OC1OC(C)C(O)C(O)C1O. The minimum absolute atomic E-state index is 0.180. The Kier molecular flexibility index (Phi) is 13.1. The first kappa shape index (κ1) is 37.7. The molecular weight excluding hydrogens is 634 g/mol. The van der Waals surface area contributed by atoms with Gasteiger partial charge in [0, 0.05) is 12.0 Å². The van der Waals surface area contributed by atoms with Crippen LogP contribution in [0.1, 0.15) is 65.2 Å². The van der Waals surface area contributed by atoms with Crippen LogP contribution in [0.3, 0.4) is 0 Å². The smallest absolute Gasteiger partial charge is 0.332 e. The Morgan fingerprint density at radius 3 is 2.27 bits per heavy atom. The van der Waals surface area contributed by atoms with Gasteiger partial charge >= 0.3 is 5.97 Å². The second-order valence-electron chi connectivity index (χ2n) is 14.2. The van der Waals surface area contributed by atoms with Gasteiger partial charge in [-0.1, -0.05) is 26.2 Å². The summed E-state index contributed by atoms with van der Waals surface area (Å²) >= 11 is 0. The van der Waals surface area contributed by atoms with Gasteiger partial charge in [-0.2, -0.15) is 0 Å². The van der Waals surface area contributed by atoms with Crippen LogP contribution in [-0.4, -0.2) is 148 Å². The number of nitrogens with one attached hydrogen (secondary N) is 2. The van der Waals surface area contributed by atoms with Crippen LogP contribution in [0, 0.1) is 17.8 Å². The molecule has 2 aliphatic carbocycles. The molecule has 5 fully saturated rings. The summed E-state index contributed by atoms with van der Waals surface area (Å²) in [6, 6.07) is -1.51. The van der Waals surface area contributed by atoms with E-state index in [2.05, 4.69) is 10.6 Å². The fourth-order valence-corrected chi connectivity index (χ4v) is 7.47. The van der Waals surface area contributed by atoms with Crippen molar-refractivity contribution in [3.05, 3.63) is 0 Å². The molecule has 3 heterocycles. The van der Waals surface area contributed by atoms with Gasteiger partial charge in [0.25, 0.3) is 0 Å². The summed E-state index contributed by atoms with van der Waals surface area (Å²) in [6.45, 7) is 4.15. The molecule has 3 aliphatic heterocycles. The predicted octanol–water partition coefficient (Wildman–Crippen LogP) is -2.07. The lowest BCUT2D eigenvalue weighted by Gasteiger charge is -2.49. The minimum Gasteiger partial charge on any atom is -0.479 e. The van der Waals surface area contributed by atoms with E-state index in [1.54, 1.807) is 6.92 Å². The third-order valence-electron chi connectivity index (χ3n) is 10.6. The van der Waals surface area contributed by atoms with Crippen LogP contribution in [0.25, 0.3) is 0 Å². The quantitative estimate of drug-likeness (QED) is 0.101. The molecule has 0 aromatic heterocycles. The van der Waals surface area contributed by atoms with Crippen molar-refractivity contribution < 1.29 is 63.9 Å². The Morgan fingerprint density at radius 2 is 1.65 bits per heavy atom. The Morgan fingerprint density at radius 1 is 0.938 bits per heavy atom. The van der Waals surface area contributed by atoms with Crippen molar-refractivity contribution in [1.29, 1.82) is 0 Å². The van der Waals surface area contributed by atoms with E-state index in [1.807, 2.05) is 6.92 Å². The molecule has 5 aliphatic rings. The van der Waals surface area contributed by atoms with E-state index in [-0.39, 0.29) is 42.5 Å². The number of ether oxygens (including phenoxy) is 5. The number of carboxylic acids is 1. The standard InChI is InChI=1S/C32H55N3O13/c1-3-16-11-18(33)12-19(27(16)48-32-26(40)25(39)23(37)14(2)44-32)46-31-22(35-29(41)17-6-8-34-9-7-17)28(24(38)21(13-36)47-31)45-20(30(42)43)10-15-4-5-15/h14-28,31-32,34,36-40H,3-13,33H2,1-2H3,(H,35,41)(H,42,43)/t14?,16?,18?,19?,20-,21?,22?,23?,24?,25?,26?,27?,28?,31?,32?/m0/s1. The fraction of sp³-hybridized carbons (Fsp3) is 0.938. The summed E-state index contributed by atoms with van der Waals surface area (Å²) in [7, 11) is 0. The zero-order chi connectivity index (χ0) is 34.7. The number of hydrogen-bond acceptors (Lipinski definition) is 14. The topological polar surface area (TPSA) is 252 Å². The van der Waals surface area contributed by atoms with Crippen LogP contribution in [0.15, 0.2) is 0 Å². The van der Waals surface area contributed by atoms with E-state index in [0.29, 0.717) is 38.8 Å². The normalized spacial score (nSPS) is 43.4. The average Bonchev–Trinajstić information content (AvgIpc) is 3.90. The molecule has 15 atom stereocenters. The van der Waals surface area contributed by atoms with Gasteiger partial charge in [0.2, 0.25) is 5.91 Å². The first-order valence-corrected chi connectivity index (χ1v) is 17.5. The minimum atomic E-state index is -1.56. The van der Waals surface area contributed by atoms with Crippen LogP contribution < -0.4 is 16.4 Å². The van der Waals surface area contributed by atoms with Crippen molar-refractivity contribution in [2.45, 2.75) is 151 Å². The van der Waals surface area contributed by atoms with Gasteiger partial charge in [-0.3, -0.25) is 4.79 Å². The molecule has 5 rings (SSSR count). The van der Waals surface area contributed by atoms with E-state index >= 15 is 0 Å². The number of aliphatic carboxylic acids is 1. The maximum absolute atomic E-state index is 13.6. The lowest BCUT2D eigenvalue weighted by molar-refractivity contribution is -0.338. The summed E-state index contributed by atoms with van der Waals surface area (Å²) in [5.41, 5.74) is 6.47. The van der Waals surface area contributed by atoms with Gasteiger partial charge in [0.05, 0.1) is 24.9 Å². The lowest BCUT2D eigenvalue weighted by Crippen LogP contribution is -2.68. The van der Waals surface area contributed by atoms with E-state index in [4.69, 9.17) is 29.4 Å². The first-order valence-electron chi connectivity index (χ1n) is 17.5. The third kappa shape index (κ3) is 8.84. The van der Waals surface area contributed by atoms with Crippen molar-refractivity contribution in [3.63, 3.8) is 0 Å². The van der Waals surface area contributed by atoms with E-state index in [9.17, 15) is 40.2 Å². The van der Waals surface area contributed by atoms with Gasteiger partial charge in [-0.05, 0) is 64.0 Å². The average molecular weight is 690 g/mol. The molecular formula is C32H55N3O13. The maximum atomic E-state index is 13.6. The van der Waals surface area contributed by atoms with Crippen molar-refractivity contribution in [2.75, 3.05) is 19.7 Å². The van der Waals surface area contributed by atoms with Crippen molar-refractivity contribution in [3.8, 4) is 0 Å². The van der Waals surface area contributed by atoms with Gasteiger partial charge in [0.15, 0.2) is 18.7 Å². The number of hydrogen-bond donors (Lipinski definition) is 9. The van der Waals surface area contributed by atoms with Crippen LogP contribution >= 0.6 is 0 Å². The Bertz CT molecular complexity index is 1060. The number of aliphatic hydroxyl groups is 5. The molecule has 16 nitrogen and oxygen atoms in total. The number of nitrogens with two attached hydrogens (primary N) is 1. The molecule has 0 radical (unpaired) electrons. The molecule has 0 spiro atoms. The highest BCUT2D eigenvalue weighted by atomic mass is 16.7. The number of carboxylic acid groups (broad SMARTS) is 1. The lowest BCUT2D eigenvalue weighted by atomic mass is 9.80. The first-order chi connectivity index (χ1) is 22.9. The monoisotopic (exact) mass is 689 g/mol. The summed E-state index contributed by atoms with van der Waals surface area (Å²) in [5.74, 6) is -1.89. The second kappa shape index (κ2) is 16.7. The molecule has 0 aromatic carbocycles. The third-order valence-corrected chi connectivity index (χ3v) is 10.6. The van der Waals surface area contributed by atoms with Gasteiger partial charge in [0.1, 0.15) is 42.7 Å². The van der Waals surface area contributed by atoms with Crippen molar-refractivity contribution in [1.82, 2.24) is 10.6 Å². The number of piperidine rings is 1. The molecule has 14 unspecified atom stereocenters. The maximum Gasteiger partial charge on any atom is 0.332 e. The molecule has 3 saturated heterocycles. The van der Waals surface area contributed by atoms with E-state index < -0.39 is 92.2 Å². The molecule has 48 heavy (non-hydrogen) atoms. The number of carbonyl (C=O) groups excluding carboxylic acids is 1. The van der Waals surface area contributed by atoms with Crippen molar-refractivity contribution in [2.24, 2.45) is 23.5 Å². The highest BCUT2D eigenvalue weighted by molar-refractivity contribution is 5.79. The van der Waals surface area contributed by atoms with Crippen molar-refractivity contribution >= 4 is 11.9 Å². The Labute approximate surface area is 280 Å². The van der Waals surface area contributed by atoms with Gasteiger partial charge in [-0.15, -0.1) is 0 Å². The van der Waals surface area contributed by atoms with Crippen LogP contribution in [0.2, 0.25) is 0 Å². The van der Waals surface area contributed by atoms with E-state index in [0.717, 1.165) is 12.8 Å². The number of rotatable bonds is 13. The zero-order valence-electron chi connectivity index (χ0n) is 27.7. The Hall–Kier alpha value is -1.54. The van der Waals surface area contributed by atoms with Crippen LogP contribution in [-0.2, 0) is 33.3 Å². The summed E-state index contributed by atoms with van der Waals surface area (Å²) in [6.07, 6.45) is -10.2. The molecule has 1 amide bonds. The molecule has 2 saturated carbocycles. The molecule has 276 valence electrons. The molecule has 10 N–H and O–H groups in total. The molecule has 16 heteroatoms. The van der Waals surface area contributed by atoms with Gasteiger partial charge < -0.3 is 70.7 Å². The highest BCUT2D eigenvalue weighted by Crippen LogP contribution is 2.38. The van der Waals surface area contributed by atoms with E-state index in [1.165, 1.54) is 0 Å². The number of carbonyl (C=O) groups is 2. The Balaban J connectivity index is 1.43. The van der Waals surface area contributed by atoms with Crippen LogP contribution in [0.5, 0.6) is 0 Å². The second-order valence-corrected chi connectivity index (χ2v) is 14.2. The number of amides is 1. The number of aliphatic hydroxyl groups excluding tert-OH is 5. The molecule has 0 aromatic rings. The van der Waals surface area contributed by atoms with Gasteiger partial charge in [-0.25, -0.2) is 4.79 Å². The summed E-state index contributed by atoms with van der Waals surface area (Å²) < 4.78 is 30.9. The largest absolute Gasteiger partial charge is 0.479 e. The zero-order valence-corrected chi connectivity index (χ0v) is 27.7. The molecule has 0 bridgehead atoms. The van der Waals surface area contributed by atoms with Crippen LogP contribution in [0.4, 0.5) is 0 Å². The summed E-state index contributed by atoms with van der Waals surface area (Å²) in [5, 5.41) is 69.2. The predicted molar refractivity (Wildman–Crippen MR) is 166 cm³/mol. The summed E-state index contributed by atoms with van der Waals surface area (Å²) in [4.78, 5) is 25.9.